The van der Waals surface area contributed by atoms with Gasteiger partial charge in [-0.3, -0.25) is 4.79 Å². The molecule has 21 heavy (non-hydrogen) atoms. The Morgan fingerprint density at radius 3 is 2.90 bits per heavy atom. The van der Waals surface area contributed by atoms with Gasteiger partial charge in [0.05, 0.1) is 11.7 Å². The van der Waals surface area contributed by atoms with Crippen molar-refractivity contribution in [2.45, 2.75) is 13.0 Å². The van der Waals surface area contributed by atoms with E-state index in [0.717, 1.165) is 10.9 Å². The standard InChI is InChI=1S/C15H16N4O2/c1-9(15-17-5-6-21-15)18-12-8-14(20)19(2)13-4-3-10(16)7-11(12)13/h3-9,18H,16H2,1-2H3. The molecule has 0 amide bonds. The van der Waals surface area contributed by atoms with Crippen molar-refractivity contribution in [1.29, 1.82) is 0 Å². The fraction of sp³-hybridized carbons (Fsp3) is 0.200. The van der Waals surface area contributed by atoms with Crippen LogP contribution in [0.3, 0.4) is 0 Å². The molecule has 108 valence electrons. The normalized spacial score (nSPS) is 12.5. The lowest BCUT2D eigenvalue weighted by molar-refractivity contribution is 0.475. The van der Waals surface area contributed by atoms with Gasteiger partial charge in [-0.05, 0) is 25.1 Å². The molecule has 6 heteroatoms. The summed E-state index contributed by atoms with van der Waals surface area (Å²) in [6.07, 6.45) is 3.11. The van der Waals surface area contributed by atoms with E-state index in [1.165, 1.54) is 6.26 Å². The molecule has 3 rings (SSSR count). The molecule has 0 aliphatic heterocycles. The van der Waals surface area contributed by atoms with E-state index in [2.05, 4.69) is 10.3 Å². The molecule has 0 spiro atoms. The molecule has 1 unspecified atom stereocenters. The maximum absolute atomic E-state index is 12.1. The van der Waals surface area contributed by atoms with Crippen LogP contribution in [0.5, 0.6) is 0 Å². The number of aromatic nitrogens is 2. The highest BCUT2D eigenvalue weighted by molar-refractivity contribution is 5.93. The summed E-state index contributed by atoms with van der Waals surface area (Å²) in [7, 11) is 1.74. The molecule has 2 aromatic heterocycles. The smallest absolute Gasteiger partial charge is 0.252 e. The number of rotatable bonds is 3. The fourth-order valence-electron chi connectivity index (χ4n) is 2.34. The average Bonchev–Trinajstić information content (AvgIpc) is 2.98. The highest BCUT2D eigenvalue weighted by atomic mass is 16.3. The van der Waals surface area contributed by atoms with Gasteiger partial charge in [0.15, 0.2) is 0 Å². The zero-order valence-electron chi connectivity index (χ0n) is 11.8. The molecule has 0 fully saturated rings. The van der Waals surface area contributed by atoms with E-state index in [1.807, 2.05) is 19.1 Å². The Hall–Kier alpha value is -2.76. The Bertz CT molecular complexity index is 837. The fourth-order valence-corrected chi connectivity index (χ4v) is 2.34. The van der Waals surface area contributed by atoms with Crippen LogP contribution in [0.15, 0.2) is 45.9 Å². The van der Waals surface area contributed by atoms with Crippen LogP contribution in [-0.2, 0) is 7.05 Å². The van der Waals surface area contributed by atoms with E-state index in [-0.39, 0.29) is 11.6 Å². The van der Waals surface area contributed by atoms with Crippen molar-refractivity contribution in [1.82, 2.24) is 9.55 Å². The average molecular weight is 284 g/mol. The first-order chi connectivity index (χ1) is 10.1. The Kier molecular flexibility index (Phi) is 3.13. The largest absolute Gasteiger partial charge is 0.447 e. The van der Waals surface area contributed by atoms with Gasteiger partial charge in [0.1, 0.15) is 12.3 Å². The number of nitrogen functional groups attached to an aromatic ring is 1. The van der Waals surface area contributed by atoms with E-state index in [1.54, 1.807) is 29.9 Å². The molecule has 2 heterocycles. The highest BCUT2D eigenvalue weighted by Gasteiger charge is 2.13. The van der Waals surface area contributed by atoms with Gasteiger partial charge >= 0.3 is 0 Å². The molecule has 0 aliphatic rings. The SMILES string of the molecule is CC(Nc1cc(=O)n(C)c2ccc(N)cc12)c1ncco1. The van der Waals surface area contributed by atoms with Crippen molar-refractivity contribution in [3.8, 4) is 0 Å². The molecule has 3 N–H and O–H groups in total. The van der Waals surface area contributed by atoms with Crippen molar-refractivity contribution >= 4 is 22.3 Å². The number of aryl methyl sites for hydroxylation is 1. The minimum absolute atomic E-state index is 0.0885. The summed E-state index contributed by atoms with van der Waals surface area (Å²) in [6, 6.07) is 6.87. The monoisotopic (exact) mass is 284 g/mol. The molecule has 0 bridgehead atoms. The van der Waals surface area contributed by atoms with Gasteiger partial charge in [-0.15, -0.1) is 0 Å². The zero-order chi connectivity index (χ0) is 15.0. The first-order valence-electron chi connectivity index (χ1n) is 6.61. The maximum Gasteiger partial charge on any atom is 0.252 e. The third kappa shape index (κ3) is 2.35. The number of nitrogens with two attached hydrogens (primary N) is 1. The quantitative estimate of drug-likeness (QED) is 0.721. The van der Waals surface area contributed by atoms with Crippen molar-refractivity contribution in [2.75, 3.05) is 11.1 Å². The number of benzene rings is 1. The zero-order valence-corrected chi connectivity index (χ0v) is 11.8. The van der Waals surface area contributed by atoms with Crippen LogP contribution in [0.2, 0.25) is 0 Å². The summed E-state index contributed by atoms with van der Waals surface area (Å²) in [5.74, 6) is 0.563. The first-order valence-corrected chi connectivity index (χ1v) is 6.61. The molecule has 1 aromatic carbocycles. The number of nitrogens with zero attached hydrogens (tertiary/aromatic N) is 2. The van der Waals surface area contributed by atoms with Crippen LogP contribution in [0.1, 0.15) is 18.9 Å². The van der Waals surface area contributed by atoms with Crippen LogP contribution in [0.25, 0.3) is 10.9 Å². The first kappa shape index (κ1) is 13.2. The Morgan fingerprint density at radius 2 is 2.19 bits per heavy atom. The van der Waals surface area contributed by atoms with E-state index in [4.69, 9.17) is 10.2 Å². The Balaban J connectivity index is 2.11. The lowest BCUT2D eigenvalue weighted by atomic mass is 10.1. The number of hydrogen-bond acceptors (Lipinski definition) is 5. The topological polar surface area (TPSA) is 86.1 Å². The molecule has 0 saturated heterocycles. The summed E-state index contributed by atoms with van der Waals surface area (Å²) in [4.78, 5) is 16.2. The van der Waals surface area contributed by atoms with Gasteiger partial charge in [0.25, 0.3) is 5.56 Å². The molecule has 0 radical (unpaired) electrons. The summed E-state index contributed by atoms with van der Waals surface area (Å²) >= 11 is 0. The predicted octanol–water partition coefficient (Wildman–Crippen LogP) is 2.28. The number of anilines is 2. The van der Waals surface area contributed by atoms with Gasteiger partial charge in [0.2, 0.25) is 5.89 Å². The molecular weight excluding hydrogens is 268 g/mol. The molecular formula is C15H16N4O2. The van der Waals surface area contributed by atoms with Crippen LogP contribution in [0.4, 0.5) is 11.4 Å². The van der Waals surface area contributed by atoms with Crippen molar-refractivity contribution in [3.63, 3.8) is 0 Å². The van der Waals surface area contributed by atoms with Gasteiger partial charge in [-0.25, -0.2) is 4.98 Å². The number of pyridine rings is 1. The summed E-state index contributed by atoms with van der Waals surface area (Å²) < 4.78 is 6.87. The summed E-state index contributed by atoms with van der Waals surface area (Å²) in [5.41, 5.74) is 7.95. The van der Waals surface area contributed by atoms with E-state index in [9.17, 15) is 4.79 Å². The van der Waals surface area contributed by atoms with Gasteiger partial charge in [-0.1, -0.05) is 0 Å². The molecule has 6 nitrogen and oxygen atoms in total. The highest BCUT2D eigenvalue weighted by Crippen LogP contribution is 2.26. The number of nitrogens with one attached hydrogen (secondary N) is 1. The van der Waals surface area contributed by atoms with Crippen LogP contribution < -0.4 is 16.6 Å². The number of hydrogen-bond donors (Lipinski definition) is 2. The second-order valence-electron chi connectivity index (χ2n) is 4.97. The second kappa shape index (κ2) is 4.97. The molecule has 0 aliphatic carbocycles. The number of oxazole rings is 1. The third-order valence-corrected chi connectivity index (χ3v) is 3.46. The van der Waals surface area contributed by atoms with Crippen LogP contribution in [0, 0.1) is 0 Å². The maximum atomic E-state index is 12.1. The minimum Gasteiger partial charge on any atom is -0.447 e. The predicted molar refractivity (Wildman–Crippen MR) is 82.1 cm³/mol. The molecule has 0 saturated carbocycles. The summed E-state index contributed by atoms with van der Waals surface area (Å²) in [5, 5.41) is 4.14. The van der Waals surface area contributed by atoms with Gasteiger partial charge in [0, 0.05) is 29.9 Å². The molecule has 1 atom stereocenters. The van der Waals surface area contributed by atoms with Crippen molar-refractivity contribution < 1.29 is 4.42 Å². The number of fused-ring (bicyclic) bond motifs is 1. The minimum atomic E-state index is -0.156. The lowest BCUT2D eigenvalue weighted by Gasteiger charge is -2.16. The summed E-state index contributed by atoms with van der Waals surface area (Å²) in [6.45, 7) is 1.92. The lowest BCUT2D eigenvalue weighted by Crippen LogP contribution is -2.18. The molecule has 3 aromatic rings. The Labute approximate surface area is 121 Å². The van der Waals surface area contributed by atoms with Crippen LogP contribution in [-0.4, -0.2) is 9.55 Å². The van der Waals surface area contributed by atoms with Gasteiger partial charge in [-0.2, -0.15) is 0 Å². The van der Waals surface area contributed by atoms with Gasteiger partial charge < -0.3 is 20.0 Å². The van der Waals surface area contributed by atoms with E-state index >= 15 is 0 Å². The van der Waals surface area contributed by atoms with E-state index in [0.29, 0.717) is 17.3 Å². The second-order valence-corrected chi connectivity index (χ2v) is 4.97. The Morgan fingerprint density at radius 1 is 1.38 bits per heavy atom. The van der Waals surface area contributed by atoms with Crippen molar-refractivity contribution in [3.05, 3.63) is 53.0 Å². The van der Waals surface area contributed by atoms with Crippen molar-refractivity contribution in [2.24, 2.45) is 7.05 Å². The van der Waals surface area contributed by atoms with E-state index < -0.39 is 0 Å². The third-order valence-electron chi connectivity index (χ3n) is 3.46. The van der Waals surface area contributed by atoms with Crippen LogP contribution >= 0.6 is 0 Å².